The number of aryl methyl sites for hydroxylation is 1. The number of aliphatic hydroxyl groups excluding tert-OH is 1. The van der Waals surface area contributed by atoms with Gasteiger partial charge in [0.2, 0.25) is 0 Å². The van der Waals surface area contributed by atoms with Crippen LogP contribution in [0.2, 0.25) is 0 Å². The number of H-pyrrole nitrogens is 1. The molecule has 1 aliphatic heterocycles. The molecule has 1 aliphatic rings. The van der Waals surface area contributed by atoms with Crippen LogP contribution in [-0.4, -0.2) is 43.1 Å². The van der Waals surface area contributed by atoms with Gasteiger partial charge in [0.25, 0.3) is 0 Å². The van der Waals surface area contributed by atoms with Crippen molar-refractivity contribution in [3.05, 3.63) is 35.4 Å². The van der Waals surface area contributed by atoms with Crippen molar-refractivity contribution in [1.82, 2.24) is 24.9 Å². The molecule has 0 aromatic carbocycles. The minimum absolute atomic E-state index is 0.158. The molecular formula is C14H21N5O. The number of hydrogen-bond donors (Lipinski definition) is 2. The average molecular weight is 275 g/mol. The quantitative estimate of drug-likeness (QED) is 0.854. The van der Waals surface area contributed by atoms with Crippen LogP contribution in [-0.2, 0) is 20.0 Å². The van der Waals surface area contributed by atoms with E-state index in [1.165, 1.54) is 12.0 Å². The molecule has 0 amide bonds. The standard InChI is InChI=1S/C14H21N5O/c1-18-9-11(8-15-18)10-19-5-2-3-14(19)13-7-12(4-6-20)16-17-13/h7-9,14,20H,2-6,10H2,1H3,(H,16,17). The molecule has 2 N–H and O–H groups in total. The Balaban J connectivity index is 1.71. The first-order chi connectivity index (χ1) is 9.76. The van der Waals surface area contributed by atoms with Crippen molar-refractivity contribution in [3.8, 4) is 0 Å². The maximum Gasteiger partial charge on any atom is 0.0796 e. The van der Waals surface area contributed by atoms with E-state index in [0.717, 1.165) is 30.9 Å². The van der Waals surface area contributed by atoms with E-state index < -0.39 is 0 Å². The van der Waals surface area contributed by atoms with Gasteiger partial charge in [-0.25, -0.2) is 0 Å². The van der Waals surface area contributed by atoms with Crippen molar-refractivity contribution in [3.63, 3.8) is 0 Å². The Labute approximate surface area is 118 Å². The van der Waals surface area contributed by atoms with Gasteiger partial charge in [-0.15, -0.1) is 0 Å². The van der Waals surface area contributed by atoms with Crippen LogP contribution in [0.4, 0.5) is 0 Å². The first-order valence-corrected chi connectivity index (χ1v) is 7.13. The molecule has 0 aliphatic carbocycles. The molecule has 0 radical (unpaired) electrons. The van der Waals surface area contributed by atoms with E-state index in [2.05, 4.69) is 32.5 Å². The number of nitrogens with one attached hydrogen (secondary N) is 1. The van der Waals surface area contributed by atoms with Crippen LogP contribution in [0, 0.1) is 0 Å². The van der Waals surface area contributed by atoms with Crippen molar-refractivity contribution in [1.29, 1.82) is 0 Å². The third-order valence-electron chi connectivity index (χ3n) is 3.88. The Morgan fingerprint density at radius 2 is 2.40 bits per heavy atom. The SMILES string of the molecule is Cn1cc(CN2CCCC2c2cc(CCO)[nH]n2)cn1. The molecule has 3 rings (SSSR count). The lowest BCUT2D eigenvalue weighted by molar-refractivity contribution is 0.244. The molecule has 0 spiro atoms. The fourth-order valence-electron chi connectivity index (χ4n) is 2.94. The summed E-state index contributed by atoms with van der Waals surface area (Å²) in [4.78, 5) is 2.45. The zero-order valence-electron chi connectivity index (χ0n) is 11.8. The monoisotopic (exact) mass is 275 g/mol. The third kappa shape index (κ3) is 2.76. The molecule has 2 aromatic heterocycles. The molecule has 1 atom stereocenters. The minimum Gasteiger partial charge on any atom is -0.396 e. The molecular weight excluding hydrogens is 254 g/mol. The van der Waals surface area contributed by atoms with Gasteiger partial charge in [0.05, 0.1) is 17.9 Å². The predicted molar refractivity (Wildman–Crippen MR) is 75.0 cm³/mol. The van der Waals surface area contributed by atoms with Crippen LogP contribution in [0.3, 0.4) is 0 Å². The normalized spacial score (nSPS) is 19.8. The first-order valence-electron chi connectivity index (χ1n) is 7.13. The molecule has 3 heterocycles. The highest BCUT2D eigenvalue weighted by molar-refractivity contribution is 5.15. The molecule has 6 heteroatoms. The van der Waals surface area contributed by atoms with E-state index in [1.807, 2.05) is 17.9 Å². The summed E-state index contributed by atoms with van der Waals surface area (Å²) in [6.07, 6.45) is 6.98. The molecule has 2 aromatic rings. The van der Waals surface area contributed by atoms with Gasteiger partial charge in [-0.3, -0.25) is 14.7 Å². The molecule has 0 bridgehead atoms. The summed E-state index contributed by atoms with van der Waals surface area (Å²) in [5.74, 6) is 0. The summed E-state index contributed by atoms with van der Waals surface area (Å²) in [5.41, 5.74) is 3.34. The van der Waals surface area contributed by atoms with Crippen LogP contribution >= 0.6 is 0 Å². The van der Waals surface area contributed by atoms with Crippen molar-refractivity contribution in [2.75, 3.05) is 13.2 Å². The van der Waals surface area contributed by atoms with E-state index in [-0.39, 0.29) is 6.61 Å². The molecule has 6 nitrogen and oxygen atoms in total. The second kappa shape index (κ2) is 5.76. The highest BCUT2D eigenvalue weighted by Crippen LogP contribution is 2.32. The van der Waals surface area contributed by atoms with Crippen LogP contribution in [0.15, 0.2) is 18.5 Å². The van der Waals surface area contributed by atoms with E-state index in [0.29, 0.717) is 12.5 Å². The Hall–Kier alpha value is -1.66. The van der Waals surface area contributed by atoms with Gasteiger partial charge in [0.15, 0.2) is 0 Å². The van der Waals surface area contributed by atoms with Crippen LogP contribution < -0.4 is 0 Å². The molecule has 1 unspecified atom stereocenters. The summed E-state index contributed by atoms with van der Waals surface area (Å²) in [6, 6.07) is 2.46. The Bertz CT molecular complexity index is 561. The van der Waals surface area contributed by atoms with E-state index in [9.17, 15) is 0 Å². The summed E-state index contributed by atoms with van der Waals surface area (Å²) in [5, 5.41) is 20.6. The average Bonchev–Trinajstić information content (AvgIpc) is 3.12. The zero-order chi connectivity index (χ0) is 13.9. The van der Waals surface area contributed by atoms with Crippen LogP contribution in [0.1, 0.15) is 35.8 Å². The molecule has 108 valence electrons. The largest absolute Gasteiger partial charge is 0.396 e. The summed E-state index contributed by atoms with van der Waals surface area (Å²) in [7, 11) is 1.94. The van der Waals surface area contributed by atoms with Gasteiger partial charge >= 0.3 is 0 Å². The second-order valence-electron chi connectivity index (χ2n) is 5.44. The van der Waals surface area contributed by atoms with E-state index in [1.54, 1.807) is 0 Å². The number of aromatic nitrogens is 4. The van der Waals surface area contributed by atoms with Gasteiger partial charge in [0, 0.05) is 44.1 Å². The number of hydrogen-bond acceptors (Lipinski definition) is 4. The highest BCUT2D eigenvalue weighted by atomic mass is 16.3. The van der Waals surface area contributed by atoms with Crippen molar-refractivity contribution < 1.29 is 5.11 Å². The van der Waals surface area contributed by atoms with Crippen molar-refractivity contribution in [2.45, 2.75) is 31.8 Å². The lowest BCUT2D eigenvalue weighted by Gasteiger charge is -2.22. The first kappa shape index (κ1) is 13.3. The zero-order valence-corrected chi connectivity index (χ0v) is 11.8. The Morgan fingerprint density at radius 1 is 1.50 bits per heavy atom. The maximum absolute atomic E-state index is 8.98. The molecule has 1 saturated heterocycles. The summed E-state index contributed by atoms with van der Waals surface area (Å²) >= 11 is 0. The minimum atomic E-state index is 0.158. The third-order valence-corrected chi connectivity index (χ3v) is 3.88. The molecule has 0 saturated carbocycles. The fraction of sp³-hybridized carbons (Fsp3) is 0.571. The van der Waals surface area contributed by atoms with E-state index >= 15 is 0 Å². The molecule has 20 heavy (non-hydrogen) atoms. The highest BCUT2D eigenvalue weighted by Gasteiger charge is 2.28. The number of likely N-dealkylation sites (tertiary alicyclic amines) is 1. The predicted octanol–water partition coefficient (Wildman–Crippen LogP) is 1.02. The Morgan fingerprint density at radius 3 is 3.15 bits per heavy atom. The Kier molecular flexibility index (Phi) is 3.84. The lowest BCUT2D eigenvalue weighted by atomic mass is 10.1. The fourth-order valence-corrected chi connectivity index (χ4v) is 2.94. The van der Waals surface area contributed by atoms with Crippen LogP contribution in [0.5, 0.6) is 0 Å². The number of aromatic amines is 1. The van der Waals surface area contributed by atoms with Gasteiger partial charge in [-0.05, 0) is 25.5 Å². The summed E-state index contributed by atoms with van der Waals surface area (Å²) < 4.78 is 1.84. The molecule has 1 fully saturated rings. The topological polar surface area (TPSA) is 70.0 Å². The second-order valence-corrected chi connectivity index (χ2v) is 5.44. The smallest absolute Gasteiger partial charge is 0.0796 e. The van der Waals surface area contributed by atoms with Crippen LogP contribution in [0.25, 0.3) is 0 Å². The van der Waals surface area contributed by atoms with Gasteiger partial charge in [-0.1, -0.05) is 0 Å². The number of aliphatic hydroxyl groups is 1. The van der Waals surface area contributed by atoms with E-state index in [4.69, 9.17) is 5.11 Å². The van der Waals surface area contributed by atoms with Gasteiger partial charge in [0.1, 0.15) is 0 Å². The number of nitrogens with zero attached hydrogens (tertiary/aromatic N) is 4. The van der Waals surface area contributed by atoms with Crippen molar-refractivity contribution in [2.24, 2.45) is 7.05 Å². The summed E-state index contributed by atoms with van der Waals surface area (Å²) in [6.45, 7) is 2.17. The van der Waals surface area contributed by atoms with Crippen molar-refractivity contribution >= 4 is 0 Å². The van der Waals surface area contributed by atoms with Gasteiger partial charge < -0.3 is 5.11 Å². The van der Waals surface area contributed by atoms with Gasteiger partial charge in [-0.2, -0.15) is 10.2 Å². The number of rotatable bonds is 5. The maximum atomic E-state index is 8.98. The lowest BCUT2D eigenvalue weighted by Crippen LogP contribution is -2.22.